The summed E-state index contributed by atoms with van der Waals surface area (Å²) in [5.41, 5.74) is 14.3. The molecule has 5 N–H and O–H groups in total. The van der Waals surface area contributed by atoms with Gasteiger partial charge in [0, 0.05) is 36.1 Å². The molecular weight excluding hydrogens is 544 g/mol. The largest absolute Gasteiger partial charge is 0.384 e. The Hall–Kier alpha value is -3.90. The van der Waals surface area contributed by atoms with Gasteiger partial charge in [0.05, 0.1) is 46.8 Å². The lowest BCUT2D eigenvalue weighted by molar-refractivity contribution is 0.0392. The standard InChI is InChI=1S/C29H31ClN8O3/c1-29(41,16-31)19-5-2-17(3-6-19)23-13-22(30)21-9-4-18(12-24(21)33-23)27(39)36-10-11-37(26(32)15-36)28(40)25-14-38(35-34-25)20-7-8-20/h2-6,9,12-14,20,26,41H,7-8,10-11,15-16,31-32H2,1H3/t26-,29?/m0/s1. The Morgan fingerprint density at radius 3 is 2.54 bits per heavy atom. The van der Waals surface area contributed by atoms with Gasteiger partial charge in [-0.25, -0.2) is 9.67 Å². The van der Waals surface area contributed by atoms with E-state index in [0.29, 0.717) is 39.9 Å². The molecule has 1 aliphatic carbocycles. The SMILES string of the molecule is CC(O)(CN)c1ccc(-c2cc(Cl)c3ccc(C(=O)N4CCN(C(=O)c5cn(C6CC6)nn5)[C@H](N)C4)cc3n2)cc1. The molecule has 2 aliphatic rings. The summed E-state index contributed by atoms with van der Waals surface area (Å²) >= 11 is 6.60. The van der Waals surface area contributed by atoms with Crippen LogP contribution in [0, 0.1) is 0 Å². The fraction of sp³-hybridized carbons (Fsp3) is 0.345. The van der Waals surface area contributed by atoms with Crippen molar-refractivity contribution in [2.24, 2.45) is 11.5 Å². The molecule has 212 valence electrons. The lowest BCUT2D eigenvalue weighted by Crippen LogP contribution is -2.60. The van der Waals surface area contributed by atoms with E-state index in [-0.39, 0.29) is 37.1 Å². The van der Waals surface area contributed by atoms with E-state index < -0.39 is 11.8 Å². The Morgan fingerprint density at radius 2 is 1.85 bits per heavy atom. The maximum absolute atomic E-state index is 13.5. The zero-order valence-corrected chi connectivity index (χ0v) is 23.3. The van der Waals surface area contributed by atoms with Crippen molar-refractivity contribution >= 4 is 34.3 Å². The normalized spacial score (nSPS) is 18.9. The molecular formula is C29H31ClN8O3. The zero-order chi connectivity index (χ0) is 28.9. The van der Waals surface area contributed by atoms with E-state index >= 15 is 0 Å². The number of carbonyl (C=O) groups excluding carboxylic acids is 2. The van der Waals surface area contributed by atoms with Gasteiger partial charge in [-0.3, -0.25) is 9.59 Å². The third kappa shape index (κ3) is 5.29. The maximum Gasteiger partial charge on any atom is 0.277 e. The van der Waals surface area contributed by atoms with Gasteiger partial charge < -0.3 is 26.4 Å². The number of hydrogen-bond donors (Lipinski definition) is 3. The minimum Gasteiger partial charge on any atom is -0.384 e. The van der Waals surface area contributed by atoms with Crippen molar-refractivity contribution in [3.05, 3.63) is 76.6 Å². The zero-order valence-electron chi connectivity index (χ0n) is 22.6. The topological polar surface area (TPSA) is 156 Å². The number of carbonyl (C=O) groups is 2. The molecule has 3 heterocycles. The highest BCUT2D eigenvalue weighted by Gasteiger charge is 2.33. The highest BCUT2D eigenvalue weighted by atomic mass is 35.5. The summed E-state index contributed by atoms with van der Waals surface area (Å²) in [5.74, 6) is -0.487. The first-order chi connectivity index (χ1) is 19.6. The minimum atomic E-state index is -1.13. The molecule has 41 heavy (non-hydrogen) atoms. The minimum absolute atomic E-state index is 0.0999. The summed E-state index contributed by atoms with van der Waals surface area (Å²) in [6, 6.07) is 14.7. The number of rotatable bonds is 6. The first kappa shape index (κ1) is 27.3. The number of amides is 2. The molecule has 2 fully saturated rings. The van der Waals surface area contributed by atoms with E-state index in [0.717, 1.165) is 23.8 Å². The van der Waals surface area contributed by atoms with Gasteiger partial charge in [-0.05, 0) is 43.5 Å². The third-order valence-electron chi connectivity index (χ3n) is 7.82. The van der Waals surface area contributed by atoms with Gasteiger partial charge in [0.25, 0.3) is 11.8 Å². The summed E-state index contributed by atoms with van der Waals surface area (Å²) in [4.78, 5) is 34.4. The predicted molar refractivity (Wildman–Crippen MR) is 154 cm³/mol. The highest BCUT2D eigenvalue weighted by Crippen LogP contribution is 2.34. The molecule has 2 amide bonds. The number of aromatic nitrogens is 4. The van der Waals surface area contributed by atoms with Crippen LogP contribution in [0.25, 0.3) is 22.2 Å². The van der Waals surface area contributed by atoms with E-state index in [1.54, 1.807) is 47.0 Å². The monoisotopic (exact) mass is 574 g/mol. The Morgan fingerprint density at radius 1 is 1.10 bits per heavy atom. The maximum atomic E-state index is 13.5. The Kier molecular flexibility index (Phi) is 6.98. The molecule has 12 heteroatoms. The van der Waals surface area contributed by atoms with Crippen LogP contribution in [-0.4, -0.2) is 79.0 Å². The second kappa shape index (κ2) is 10.5. The number of halogens is 1. The van der Waals surface area contributed by atoms with Crippen molar-refractivity contribution in [2.75, 3.05) is 26.2 Å². The molecule has 1 saturated heterocycles. The van der Waals surface area contributed by atoms with E-state index in [1.165, 1.54) is 4.90 Å². The number of fused-ring (bicyclic) bond motifs is 1. The molecule has 4 aromatic rings. The lowest BCUT2D eigenvalue weighted by Gasteiger charge is -2.39. The summed E-state index contributed by atoms with van der Waals surface area (Å²) in [6.45, 7) is 2.57. The van der Waals surface area contributed by atoms with Gasteiger partial charge in [0.15, 0.2) is 5.69 Å². The van der Waals surface area contributed by atoms with Gasteiger partial charge in [-0.1, -0.05) is 47.1 Å². The van der Waals surface area contributed by atoms with Crippen LogP contribution in [0.3, 0.4) is 0 Å². The van der Waals surface area contributed by atoms with Gasteiger partial charge in [-0.15, -0.1) is 5.10 Å². The average Bonchev–Trinajstić information content (AvgIpc) is 3.72. The molecule has 0 radical (unpaired) electrons. The van der Waals surface area contributed by atoms with Crippen LogP contribution in [0.1, 0.15) is 52.2 Å². The van der Waals surface area contributed by atoms with Crippen LogP contribution in [0.4, 0.5) is 0 Å². The number of piperazine rings is 1. The molecule has 2 atom stereocenters. The number of benzene rings is 2. The van der Waals surface area contributed by atoms with Crippen LogP contribution in [-0.2, 0) is 5.60 Å². The van der Waals surface area contributed by atoms with E-state index in [4.69, 9.17) is 28.1 Å². The molecule has 2 aromatic heterocycles. The predicted octanol–water partition coefficient (Wildman–Crippen LogP) is 2.53. The van der Waals surface area contributed by atoms with Crippen molar-refractivity contribution in [2.45, 2.75) is 37.6 Å². The summed E-state index contributed by atoms with van der Waals surface area (Å²) in [6.07, 6.45) is 3.08. The number of nitrogens with zero attached hydrogens (tertiary/aromatic N) is 6. The van der Waals surface area contributed by atoms with Gasteiger partial charge in [0.2, 0.25) is 0 Å². The summed E-state index contributed by atoms with van der Waals surface area (Å²) < 4.78 is 1.73. The van der Waals surface area contributed by atoms with Crippen molar-refractivity contribution in [3.63, 3.8) is 0 Å². The van der Waals surface area contributed by atoms with Crippen LogP contribution >= 0.6 is 11.6 Å². The Bertz CT molecular complexity index is 1630. The van der Waals surface area contributed by atoms with Crippen LogP contribution < -0.4 is 11.5 Å². The van der Waals surface area contributed by atoms with Crippen molar-refractivity contribution < 1.29 is 14.7 Å². The first-order valence-corrected chi connectivity index (χ1v) is 13.9. The summed E-state index contributed by atoms with van der Waals surface area (Å²) in [7, 11) is 0. The quantitative estimate of drug-likeness (QED) is 0.317. The number of aliphatic hydroxyl groups is 1. The van der Waals surface area contributed by atoms with Gasteiger partial charge >= 0.3 is 0 Å². The number of hydrogen-bond acceptors (Lipinski definition) is 8. The van der Waals surface area contributed by atoms with Gasteiger partial charge in [0.1, 0.15) is 0 Å². The molecule has 11 nitrogen and oxygen atoms in total. The third-order valence-corrected chi connectivity index (χ3v) is 8.14. The Balaban J connectivity index is 1.19. The fourth-order valence-electron chi connectivity index (χ4n) is 5.05. The van der Waals surface area contributed by atoms with Crippen LogP contribution in [0.5, 0.6) is 0 Å². The second-order valence-corrected chi connectivity index (χ2v) is 11.3. The smallest absolute Gasteiger partial charge is 0.277 e. The van der Waals surface area contributed by atoms with Gasteiger partial charge in [-0.2, -0.15) is 0 Å². The number of nitrogens with two attached hydrogens (primary N) is 2. The van der Waals surface area contributed by atoms with Crippen molar-refractivity contribution in [1.82, 2.24) is 29.8 Å². The second-order valence-electron chi connectivity index (χ2n) is 10.9. The summed E-state index contributed by atoms with van der Waals surface area (Å²) in [5, 5.41) is 19.7. The lowest BCUT2D eigenvalue weighted by atomic mass is 9.94. The molecule has 0 spiro atoms. The molecule has 6 rings (SSSR count). The first-order valence-electron chi connectivity index (χ1n) is 13.6. The van der Waals surface area contributed by atoms with Crippen LogP contribution in [0.2, 0.25) is 5.02 Å². The fourth-order valence-corrected chi connectivity index (χ4v) is 5.32. The van der Waals surface area contributed by atoms with E-state index in [9.17, 15) is 14.7 Å². The molecule has 1 saturated carbocycles. The average molecular weight is 575 g/mol. The Labute approximate surface area is 241 Å². The van der Waals surface area contributed by atoms with E-state index in [2.05, 4.69) is 10.3 Å². The van der Waals surface area contributed by atoms with Crippen molar-refractivity contribution in [3.8, 4) is 11.3 Å². The van der Waals surface area contributed by atoms with E-state index in [1.807, 2.05) is 24.3 Å². The molecule has 1 unspecified atom stereocenters. The molecule has 2 aromatic carbocycles. The molecule has 0 bridgehead atoms. The number of pyridine rings is 1. The van der Waals surface area contributed by atoms with Crippen LogP contribution in [0.15, 0.2) is 54.7 Å². The molecule has 1 aliphatic heterocycles. The van der Waals surface area contributed by atoms with Crippen molar-refractivity contribution in [1.29, 1.82) is 0 Å². The highest BCUT2D eigenvalue weighted by molar-refractivity contribution is 6.35.